The van der Waals surface area contributed by atoms with Crippen molar-refractivity contribution in [3.05, 3.63) is 0 Å². The van der Waals surface area contributed by atoms with Gasteiger partial charge in [-0.05, 0) is 26.2 Å². The monoisotopic (exact) mass is 256 g/mol. The van der Waals surface area contributed by atoms with Gasteiger partial charge in [-0.3, -0.25) is 4.90 Å². The highest BCUT2D eigenvalue weighted by atomic mass is 16.7. The van der Waals surface area contributed by atoms with Crippen LogP contribution in [-0.2, 0) is 9.47 Å². The van der Waals surface area contributed by atoms with E-state index >= 15 is 0 Å². The molecule has 2 rings (SSSR count). The molecule has 0 radical (unpaired) electrons. The van der Waals surface area contributed by atoms with Crippen LogP contribution in [0.15, 0.2) is 0 Å². The molecule has 102 valence electrons. The summed E-state index contributed by atoms with van der Waals surface area (Å²) in [6.07, 6.45) is 2.63. The highest BCUT2D eigenvalue weighted by Gasteiger charge is 2.40. The Morgan fingerprint density at radius 1 is 1.44 bits per heavy atom. The average Bonchev–Trinajstić information content (AvgIpc) is 2.36. The molecule has 2 heterocycles. The van der Waals surface area contributed by atoms with Gasteiger partial charge < -0.3 is 14.4 Å². The van der Waals surface area contributed by atoms with Crippen LogP contribution in [0.25, 0.3) is 0 Å². The van der Waals surface area contributed by atoms with Crippen LogP contribution in [0.4, 0.5) is 9.59 Å². The van der Waals surface area contributed by atoms with E-state index < -0.39 is 12.4 Å². The maximum absolute atomic E-state index is 12.1. The quantitative estimate of drug-likeness (QED) is 0.707. The Morgan fingerprint density at radius 3 is 2.94 bits per heavy atom. The minimum absolute atomic E-state index is 0.0553. The fourth-order valence-corrected chi connectivity index (χ4v) is 2.60. The number of carbonyl (C=O) groups excluding carboxylic acids is 2. The molecule has 18 heavy (non-hydrogen) atoms. The van der Waals surface area contributed by atoms with Crippen molar-refractivity contribution in [1.29, 1.82) is 0 Å². The first-order valence-electron chi connectivity index (χ1n) is 6.50. The number of hydrogen-bond acceptors (Lipinski definition) is 4. The molecule has 0 aliphatic carbocycles. The molecule has 2 saturated heterocycles. The Bertz CT molecular complexity index is 334. The minimum Gasteiger partial charge on any atom is -0.435 e. The van der Waals surface area contributed by atoms with Gasteiger partial charge >= 0.3 is 12.2 Å². The van der Waals surface area contributed by atoms with E-state index in [2.05, 4.69) is 0 Å². The summed E-state index contributed by atoms with van der Waals surface area (Å²) in [6, 6.07) is 0.141. The lowest BCUT2D eigenvalue weighted by molar-refractivity contribution is -0.0642. The third-order valence-electron chi connectivity index (χ3n) is 3.57. The lowest BCUT2D eigenvalue weighted by atomic mass is 9.97. The molecule has 2 aliphatic rings. The van der Waals surface area contributed by atoms with Crippen LogP contribution >= 0.6 is 0 Å². The second-order valence-corrected chi connectivity index (χ2v) is 4.73. The van der Waals surface area contributed by atoms with E-state index in [0.717, 1.165) is 25.8 Å². The topological polar surface area (TPSA) is 59.1 Å². The van der Waals surface area contributed by atoms with Crippen molar-refractivity contribution < 1.29 is 19.1 Å². The summed E-state index contributed by atoms with van der Waals surface area (Å²) in [5.74, 6) is 0. The molecule has 2 aliphatic heterocycles. The van der Waals surface area contributed by atoms with Gasteiger partial charge in [0.05, 0.1) is 6.61 Å². The third kappa shape index (κ3) is 2.52. The van der Waals surface area contributed by atoms with Gasteiger partial charge in [0, 0.05) is 26.1 Å². The average molecular weight is 256 g/mol. The number of amides is 2. The van der Waals surface area contributed by atoms with Crippen molar-refractivity contribution in [3.8, 4) is 0 Å². The van der Waals surface area contributed by atoms with Crippen molar-refractivity contribution >= 4 is 12.2 Å². The number of urea groups is 1. The second-order valence-electron chi connectivity index (χ2n) is 4.73. The first-order chi connectivity index (χ1) is 8.63. The van der Waals surface area contributed by atoms with E-state index in [1.807, 2.05) is 4.90 Å². The number of piperidine rings is 1. The van der Waals surface area contributed by atoms with Crippen LogP contribution in [-0.4, -0.2) is 54.5 Å². The maximum atomic E-state index is 12.1. The molecular weight excluding hydrogens is 236 g/mol. The van der Waals surface area contributed by atoms with Crippen molar-refractivity contribution in [2.45, 2.75) is 44.9 Å². The number of hydrogen-bond donors (Lipinski definition) is 0. The van der Waals surface area contributed by atoms with Crippen molar-refractivity contribution in [2.24, 2.45) is 0 Å². The summed E-state index contributed by atoms with van der Waals surface area (Å²) in [6.45, 7) is 2.80. The fourth-order valence-electron chi connectivity index (χ4n) is 2.60. The zero-order valence-corrected chi connectivity index (χ0v) is 10.9. The SMILES string of the molecule is CCOC(=O)OC1CC2CCCCN2C(=O)N1C. The van der Waals surface area contributed by atoms with Gasteiger partial charge in [-0.1, -0.05) is 0 Å². The van der Waals surface area contributed by atoms with Gasteiger partial charge in [-0.25, -0.2) is 9.59 Å². The number of fused-ring (bicyclic) bond motifs is 1. The zero-order valence-electron chi connectivity index (χ0n) is 10.9. The molecule has 0 N–H and O–H groups in total. The molecule has 0 spiro atoms. The smallest absolute Gasteiger partial charge is 0.435 e. The first kappa shape index (κ1) is 13.0. The highest BCUT2D eigenvalue weighted by molar-refractivity contribution is 5.76. The van der Waals surface area contributed by atoms with Crippen LogP contribution in [0.5, 0.6) is 0 Å². The Balaban J connectivity index is 1.99. The van der Waals surface area contributed by atoms with Crippen LogP contribution in [0, 0.1) is 0 Å². The molecule has 2 atom stereocenters. The standard InChI is InChI=1S/C12H20N2O4/c1-3-17-12(16)18-10-8-9-6-4-5-7-14(9)11(15)13(10)2/h9-10H,3-8H2,1-2H3. The van der Waals surface area contributed by atoms with Crippen LogP contribution in [0.1, 0.15) is 32.6 Å². The predicted octanol–water partition coefficient (Wildman–Crippen LogP) is 1.80. The predicted molar refractivity (Wildman–Crippen MR) is 64.0 cm³/mol. The molecule has 0 aromatic carbocycles. The molecule has 0 bridgehead atoms. The Hall–Kier alpha value is -1.46. The fraction of sp³-hybridized carbons (Fsp3) is 0.833. The van der Waals surface area contributed by atoms with Crippen LogP contribution in [0.3, 0.4) is 0 Å². The molecule has 2 amide bonds. The number of carbonyl (C=O) groups is 2. The van der Waals surface area contributed by atoms with Gasteiger partial charge in [-0.2, -0.15) is 0 Å². The summed E-state index contributed by atoms with van der Waals surface area (Å²) >= 11 is 0. The number of ether oxygens (including phenoxy) is 2. The van der Waals surface area contributed by atoms with E-state index in [9.17, 15) is 9.59 Å². The first-order valence-corrected chi connectivity index (χ1v) is 6.50. The summed E-state index contributed by atoms with van der Waals surface area (Å²) in [5.41, 5.74) is 0. The molecule has 6 nitrogen and oxygen atoms in total. The third-order valence-corrected chi connectivity index (χ3v) is 3.57. The summed E-state index contributed by atoms with van der Waals surface area (Å²) in [4.78, 5) is 26.8. The Labute approximate surface area is 107 Å². The van der Waals surface area contributed by atoms with Crippen LogP contribution < -0.4 is 0 Å². The Kier molecular flexibility index (Phi) is 3.93. The van der Waals surface area contributed by atoms with Crippen molar-refractivity contribution in [3.63, 3.8) is 0 Å². The van der Waals surface area contributed by atoms with E-state index in [1.165, 1.54) is 4.90 Å². The van der Waals surface area contributed by atoms with E-state index in [4.69, 9.17) is 9.47 Å². The van der Waals surface area contributed by atoms with E-state index in [0.29, 0.717) is 6.42 Å². The largest absolute Gasteiger partial charge is 0.510 e. The van der Waals surface area contributed by atoms with Crippen molar-refractivity contribution in [1.82, 2.24) is 9.80 Å². The lowest BCUT2D eigenvalue weighted by Crippen LogP contribution is -2.59. The molecular formula is C12H20N2O4. The highest BCUT2D eigenvalue weighted by Crippen LogP contribution is 2.28. The molecule has 2 unspecified atom stereocenters. The lowest BCUT2D eigenvalue weighted by Gasteiger charge is -2.45. The van der Waals surface area contributed by atoms with Gasteiger partial charge in [0.15, 0.2) is 6.23 Å². The van der Waals surface area contributed by atoms with Crippen molar-refractivity contribution in [2.75, 3.05) is 20.2 Å². The summed E-state index contributed by atoms with van der Waals surface area (Å²) < 4.78 is 9.93. The summed E-state index contributed by atoms with van der Waals surface area (Å²) in [5, 5.41) is 0. The van der Waals surface area contributed by atoms with Gasteiger partial charge in [-0.15, -0.1) is 0 Å². The van der Waals surface area contributed by atoms with Gasteiger partial charge in [0.2, 0.25) is 0 Å². The summed E-state index contributed by atoms with van der Waals surface area (Å²) in [7, 11) is 1.66. The molecule has 0 saturated carbocycles. The van der Waals surface area contributed by atoms with E-state index in [-0.39, 0.29) is 18.7 Å². The van der Waals surface area contributed by atoms with E-state index in [1.54, 1.807) is 14.0 Å². The maximum Gasteiger partial charge on any atom is 0.510 e. The van der Waals surface area contributed by atoms with Gasteiger partial charge in [0.25, 0.3) is 0 Å². The molecule has 2 fully saturated rings. The van der Waals surface area contributed by atoms with Gasteiger partial charge in [0.1, 0.15) is 0 Å². The molecule has 6 heteroatoms. The Morgan fingerprint density at radius 2 is 2.22 bits per heavy atom. The number of rotatable bonds is 2. The zero-order chi connectivity index (χ0) is 13.1. The molecule has 0 aromatic rings. The minimum atomic E-state index is -0.702. The number of nitrogens with zero attached hydrogens (tertiary/aromatic N) is 2. The molecule has 0 aromatic heterocycles. The van der Waals surface area contributed by atoms with Crippen LogP contribution in [0.2, 0.25) is 0 Å². The second kappa shape index (κ2) is 5.46. The normalized spacial score (nSPS) is 27.8.